The monoisotopic (exact) mass is 451 g/mol. The predicted octanol–water partition coefficient (Wildman–Crippen LogP) is 3.26. The molecular formula is C14H22IN5S2. The number of rotatable bonds is 5. The molecule has 0 amide bonds. The van der Waals surface area contributed by atoms with Gasteiger partial charge in [-0.2, -0.15) is 0 Å². The first-order valence-electron chi connectivity index (χ1n) is 6.93. The van der Waals surface area contributed by atoms with Gasteiger partial charge >= 0.3 is 0 Å². The number of thiazole rings is 2. The van der Waals surface area contributed by atoms with Gasteiger partial charge in [0.25, 0.3) is 0 Å². The van der Waals surface area contributed by atoms with Crippen LogP contribution >= 0.6 is 46.7 Å². The largest absolute Gasteiger partial charge is 0.350 e. The van der Waals surface area contributed by atoms with E-state index in [0.717, 1.165) is 28.1 Å². The molecule has 0 aliphatic heterocycles. The predicted molar refractivity (Wildman–Crippen MR) is 106 cm³/mol. The van der Waals surface area contributed by atoms with E-state index in [0.29, 0.717) is 13.1 Å². The van der Waals surface area contributed by atoms with Gasteiger partial charge in [0.2, 0.25) is 0 Å². The van der Waals surface area contributed by atoms with Crippen LogP contribution in [-0.2, 0) is 19.5 Å². The number of nitrogens with one attached hydrogen (secondary N) is 2. The highest BCUT2D eigenvalue weighted by molar-refractivity contribution is 14.0. The Bertz CT molecular complexity index is 601. The van der Waals surface area contributed by atoms with Gasteiger partial charge in [-0.1, -0.05) is 6.92 Å². The average molecular weight is 451 g/mol. The highest BCUT2D eigenvalue weighted by Gasteiger charge is 2.06. The molecule has 122 valence electrons. The maximum atomic E-state index is 4.51. The van der Waals surface area contributed by atoms with Gasteiger partial charge in [0.1, 0.15) is 10.0 Å². The molecule has 5 nitrogen and oxygen atoms in total. The van der Waals surface area contributed by atoms with E-state index in [1.807, 2.05) is 13.1 Å². The highest BCUT2D eigenvalue weighted by Crippen LogP contribution is 2.16. The molecule has 0 fully saturated rings. The van der Waals surface area contributed by atoms with Crippen LogP contribution in [-0.4, -0.2) is 23.0 Å². The van der Waals surface area contributed by atoms with Crippen LogP contribution in [0.2, 0.25) is 0 Å². The van der Waals surface area contributed by atoms with E-state index in [4.69, 9.17) is 0 Å². The van der Waals surface area contributed by atoms with Crippen molar-refractivity contribution >= 4 is 52.6 Å². The lowest BCUT2D eigenvalue weighted by atomic mass is 10.4. The van der Waals surface area contributed by atoms with Crippen LogP contribution in [0.5, 0.6) is 0 Å². The maximum absolute atomic E-state index is 4.51. The zero-order chi connectivity index (χ0) is 15.2. The van der Waals surface area contributed by atoms with Crippen molar-refractivity contribution in [2.24, 2.45) is 4.99 Å². The number of nitrogens with zero attached hydrogens (tertiary/aromatic N) is 3. The van der Waals surface area contributed by atoms with Crippen LogP contribution in [0.15, 0.2) is 11.2 Å². The lowest BCUT2D eigenvalue weighted by molar-refractivity contribution is 0.800. The quantitative estimate of drug-likeness (QED) is 0.416. The fourth-order valence-corrected chi connectivity index (χ4v) is 3.42. The molecule has 2 rings (SSSR count). The molecule has 22 heavy (non-hydrogen) atoms. The van der Waals surface area contributed by atoms with Gasteiger partial charge < -0.3 is 10.6 Å². The number of hydrogen-bond donors (Lipinski definition) is 2. The number of halogens is 1. The van der Waals surface area contributed by atoms with Crippen molar-refractivity contribution in [1.82, 2.24) is 20.6 Å². The van der Waals surface area contributed by atoms with E-state index < -0.39 is 0 Å². The third-order valence-corrected chi connectivity index (χ3v) is 5.27. The number of aliphatic imine (C=N–C) groups is 1. The summed E-state index contributed by atoms with van der Waals surface area (Å²) >= 11 is 3.46. The minimum atomic E-state index is 0. The molecule has 0 saturated heterocycles. The number of guanidine groups is 1. The van der Waals surface area contributed by atoms with Crippen molar-refractivity contribution in [2.75, 3.05) is 7.05 Å². The molecule has 0 radical (unpaired) electrons. The first-order valence-corrected chi connectivity index (χ1v) is 8.56. The lowest BCUT2D eigenvalue weighted by Crippen LogP contribution is -2.36. The van der Waals surface area contributed by atoms with Gasteiger partial charge in [-0.3, -0.25) is 4.99 Å². The van der Waals surface area contributed by atoms with Crippen molar-refractivity contribution in [3.63, 3.8) is 0 Å². The molecular weight excluding hydrogens is 429 g/mol. The summed E-state index contributed by atoms with van der Waals surface area (Å²) in [5, 5.41) is 8.72. The zero-order valence-electron chi connectivity index (χ0n) is 13.3. The normalized spacial score (nSPS) is 11.2. The van der Waals surface area contributed by atoms with E-state index in [9.17, 15) is 0 Å². The third-order valence-electron chi connectivity index (χ3n) is 3.06. The summed E-state index contributed by atoms with van der Waals surface area (Å²) in [6.07, 6.45) is 2.98. The maximum Gasteiger partial charge on any atom is 0.191 e. The third kappa shape index (κ3) is 5.47. The molecule has 0 bridgehead atoms. The molecule has 0 aromatic carbocycles. The first kappa shape index (κ1) is 19.3. The van der Waals surface area contributed by atoms with E-state index >= 15 is 0 Å². The Labute approximate surface area is 156 Å². The second-order valence-corrected chi connectivity index (χ2v) is 7.09. The summed E-state index contributed by atoms with van der Waals surface area (Å²) in [6.45, 7) is 7.66. The summed E-state index contributed by atoms with van der Waals surface area (Å²) in [4.78, 5) is 15.7. The smallest absolute Gasteiger partial charge is 0.191 e. The van der Waals surface area contributed by atoms with Crippen molar-refractivity contribution < 1.29 is 0 Å². The molecule has 2 aromatic heterocycles. The van der Waals surface area contributed by atoms with Crippen LogP contribution in [0.1, 0.15) is 32.4 Å². The summed E-state index contributed by atoms with van der Waals surface area (Å²) in [7, 11) is 1.77. The molecule has 2 heterocycles. The molecule has 0 unspecified atom stereocenters. The van der Waals surface area contributed by atoms with E-state index in [-0.39, 0.29) is 24.0 Å². The minimum absolute atomic E-state index is 0. The van der Waals surface area contributed by atoms with Gasteiger partial charge in [-0.15, -0.1) is 46.7 Å². The summed E-state index contributed by atoms with van der Waals surface area (Å²) in [6, 6.07) is 0. The van der Waals surface area contributed by atoms with Crippen LogP contribution in [0.4, 0.5) is 0 Å². The van der Waals surface area contributed by atoms with Crippen molar-refractivity contribution in [3.05, 3.63) is 31.7 Å². The molecule has 0 spiro atoms. The summed E-state index contributed by atoms with van der Waals surface area (Å²) < 4.78 is 0. The molecule has 8 heteroatoms. The molecule has 0 aliphatic carbocycles. The Morgan fingerprint density at radius 3 is 2.36 bits per heavy atom. The second-order valence-electron chi connectivity index (χ2n) is 4.60. The molecule has 0 aliphatic rings. The Morgan fingerprint density at radius 1 is 1.18 bits per heavy atom. The zero-order valence-corrected chi connectivity index (χ0v) is 17.2. The molecule has 2 N–H and O–H groups in total. The fourth-order valence-electron chi connectivity index (χ4n) is 1.75. The fraction of sp³-hybridized carbons (Fsp3) is 0.500. The first-order chi connectivity index (χ1) is 10.1. The van der Waals surface area contributed by atoms with Crippen molar-refractivity contribution in [1.29, 1.82) is 0 Å². The average Bonchev–Trinajstić information content (AvgIpc) is 3.06. The molecule has 0 saturated carbocycles. The SMILES string of the molecule is CCc1cnc(CNC(=NC)NCc2nc(C)c(C)s2)s1.I. The Hall–Kier alpha value is -0.740. The Morgan fingerprint density at radius 2 is 1.86 bits per heavy atom. The van der Waals surface area contributed by atoms with Gasteiger partial charge in [0, 0.05) is 23.0 Å². The lowest BCUT2D eigenvalue weighted by Gasteiger charge is -2.09. The van der Waals surface area contributed by atoms with E-state index in [1.54, 1.807) is 29.7 Å². The van der Waals surface area contributed by atoms with Crippen molar-refractivity contribution in [2.45, 2.75) is 40.3 Å². The number of aromatic nitrogens is 2. The highest BCUT2D eigenvalue weighted by atomic mass is 127. The summed E-state index contributed by atoms with van der Waals surface area (Å²) in [5.41, 5.74) is 1.11. The van der Waals surface area contributed by atoms with Crippen molar-refractivity contribution in [3.8, 4) is 0 Å². The van der Waals surface area contributed by atoms with Crippen LogP contribution < -0.4 is 10.6 Å². The Kier molecular flexibility index (Phi) is 8.26. The van der Waals surface area contributed by atoms with E-state index in [1.165, 1.54) is 9.75 Å². The molecule has 0 atom stereocenters. The van der Waals surface area contributed by atoms with Crippen LogP contribution in [0, 0.1) is 13.8 Å². The minimum Gasteiger partial charge on any atom is -0.350 e. The number of aryl methyl sites for hydroxylation is 3. The Balaban J connectivity index is 0.00000242. The van der Waals surface area contributed by atoms with Crippen LogP contribution in [0.3, 0.4) is 0 Å². The van der Waals surface area contributed by atoms with Gasteiger partial charge in [0.15, 0.2) is 5.96 Å². The number of hydrogen-bond acceptors (Lipinski definition) is 5. The van der Waals surface area contributed by atoms with Gasteiger partial charge in [-0.25, -0.2) is 9.97 Å². The van der Waals surface area contributed by atoms with E-state index in [2.05, 4.69) is 39.4 Å². The van der Waals surface area contributed by atoms with Gasteiger partial charge in [-0.05, 0) is 20.3 Å². The van der Waals surface area contributed by atoms with Crippen LogP contribution in [0.25, 0.3) is 0 Å². The topological polar surface area (TPSA) is 62.2 Å². The molecule has 2 aromatic rings. The van der Waals surface area contributed by atoms with Gasteiger partial charge in [0.05, 0.1) is 18.8 Å². The second kappa shape index (κ2) is 9.41. The standard InChI is InChI=1S/C14H21N5S2.HI/c1-5-11-6-16-12(21-11)7-17-14(15-4)18-8-13-19-9(2)10(3)20-13;/h6H,5,7-8H2,1-4H3,(H2,15,17,18);1H. The summed E-state index contributed by atoms with van der Waals surface area (Å²) in [5.74, 6) is 0.772.